The highest BCUT2D eigenvalue weighted by molar-refractivity contribution is 6.76. The highest BCUT2D eigenvalue weighted by Crippen LogP contribution is 2.44. The predicted molar refractivity (Wildman–Crippen MR) is 115 cm³/mol. The number of pyridine rings is 1. The molecule has 0 spiro atoms. The van der Waals surface area contributed by atoms with Crippen molar-refractivity contribution in [2.75, 3.05) is 12.3 Å². The number of nitrogen functional groups attached to an aromatic ring is 1. The first-order chi connectivity index (χ1) is 15.2. The van der Waals surface area contributed by atoms with Gasteiger partial charge in [0.1, 0.15) is 29.4 Å². The van der Waals surface area contributed by atoms with Gasteiger partial charge in [-0.05, 0) is 30.3 Å². The van der Waals surface area contributed by atoms with E-state index < -0.39 is 48.4 Å². The number of rotatable bonds is 7. The molecule has 0 aliphatic carbocycles. The van der Waals surface area contributed by atoms with E-state index in [-0.39, 0.29) is 18.1 Å². The maximum Gasteiger partial charge on any atom is 0.420 e. The van der Waals surface area contributed by atoms with Crippen molar-refractivity contribution in [3.8, 4) is 11.5 Å². The number of alkyl halides is 6. The molecule has 0 bridgehead atoms. The van der Waals surface area contributed by atoms with E-state index in [9.17, 15) is 26.3 Å². The lowest BCUT2D eigenvalue weighted by molar-refractivity contribution is -0.139. The largest absolute Gasteiger partial charge is 0.456 e. The van der Waals surface area contributed by atoms with E-state index in [1.165, 1.54) is 16.8 Å². The maximum absolute atomic E-state index is 13.8. The van der Waals surface area contributed by atoms with E-state index in [1.54, 1.807) is 0 Å². The number of aromatic nitrogens is 2. The van der Waals surface area contributed by atoms with Crippen LogP contribution in [0.5, 0.6) is 11.5 Å². The number of nitrogens with zero attached hydrogens (tertiary/aromatic N) is 2. The normalized spacial score (nSPS) is 13.0. The SMILES string of the molecule is C[Si](C)(C)CCOCn1cc(C(F)(F)F)c2c(Oc3ccc(N)cc3C(F)(F)F)ccnc21. The second kappa shape index (κ2) is 8.90. The fourth-order valence-corrected chi connectivity index (χ4v) is 3.86. The molecule has 33 heavy (non-hydrogen) atoms. The summed E-state index contributed by atoms with van der Waals surface area (Å²) in [6, 6.07) is 4.71. The van der Waals surface area contributed by atoms with E-state index in [0.717, 1.165) is 24.4 Å². The molecule has 0 saturated carbocycles. The molecule has 12 heteroatoms. The number of halogens is 6. The summed E-state index contributed by atoms with van der Waals surface area (Å²) in [5, 5.41) is -0.455. The Bertz CT molecular complexity index is 1140. The van der Waals surface area contributed by atoms with Crippen molar-refractivity contribution in [2.45, 2.75) is 44.8 Å². The summed E-state index contributed by atoms with van der Waals surface area (Å²) in [5.74, 6) is -1.08. The summed E-state index contributed by atoms with van der Waals surface area (Å²) in [6.45, 7) is 6.60. The Morgan fingerprint density at radius 1 is 0.970 bits per heavy atom. The van der Waals surface area contributed by atoms with Crippen molar-refractivity contribution in [1.29, 1.82) is 0 Å². The average Bonchev–Trinajstić information content (AvgIpc) is 3.05. The van der Waals surface area contributed by atoms with E-state index in [0.29, 0.717) is 12.7 Å². The van der Waals surface area contributed by atoms with Gasteiger partial charge in [-0.1, -0.05) is 19.6 Å². The quantitative estimate of drug-likeness (QED) is 0.172. The van der Waals surface area contributed by atoms with Crippen LogP contribution >= 0.6 is 0 Å². The van der Waals surface area contributed by atoms with Crippen molar-refractivity contribution >= 4 is 24.8 Å². The van der Waals surface area contributed by atoms with Crippen LogP contribution in [0.3, 0.4) is 0 Å². The number of hydrogen-bond acceptors (Lipinski definition) is 4. The smallest absolute Gasteiger partial charge is 0.420 e. The van der Waals surface area contributed by atoms with Gasteiger partial charge >= 0.3 is 12.4 Å². The van der Waals surface area contributed by atoms with E-state index >= 15 is 0 Å². The van der Waals surface area contributed by atoms with Gasteiger partial charge < -0.3 is 19.8 Å². The number of nitrogens with two attached hydrogens (primary N) is 1. The Kier molecular flexibility index (Phi) is 6.71. The third-order valence-corrected chi connectivity index (χ3v) is 6.48. The molecule has 0 fully saturated rings. The van der Waals surface area contributed by atoms with Crippen molar-refractivity contribution in [2.24, 2.45) is 0 Å². The van der Waals surface area contributed by atoms with Gasteiger partial charge in [0.15, 0.2) is 0 Å². The zero-order valence-electron chi connectivity index (χ0n) is 18.1. The molecule has 3 rings (SSSR count). The van der Waals surface area contributed by atoms with Gasteiger partial charge in [0.05, 0.1) is 10.9 Å². The van der Waals surface area contributed by atoms with Gasteiger partial charge in [0.25, 0.3) is 0 Å². The van der Waals surface area contributed by atoms with Crippen molar-refractivity contribution in [3.05, 3.63) is 47.8 Å². The third kappa shape index (κ3) is 5.99. The van der Waals surface area contributed by atoms with Crippen molar-refractivity contribution in [3.63, 3.8) is 0 Å². The van der Waals surface area contributed by atoms with Crippen LogP contribution in [0.2, 0.25) is 25.7 Å². The molecule has 0 aliphatic rings. The fourth-order valence-electron chi connectivity index (χ4n) is 3.10. The molecule has 0 aliphatic heterocycles. The second-order valence-electron chi connectivity index (χ2n) is 8.72. The molecule has 2 heterocycles. The molecule has 0 radical (unpaired) electrons. The Balaban J connectivity index is 2.03. The zero-order chi connectivity index (χ0) is 24.6. The average molecular weight is 492 g/mol. The molecule has 0 unspecified atom stereocenters. The van der Waals surface area contributed by atoms with Crippen LogP contribution in [-0.2, 0) is 23.8 Å². The van der Waals surface area contributed by atoms with Crippen LogP contribution < -0.4 is 10.5 Å². The Hall–Kier alpha value is -2.73. The lowest BCUT2D eigenvalue weighted by atomic mass is 10.1. The number of fused-ring (bicyclic) bond motifs is 1. The molecule has 0 amide bonds. The lowest BCUT2D eigenvalue weighted by Crippen LogP contribution is -2.22. The summed E-state index contributed by atoms with van der Waals surface area (Å²) in [6.07, 6.45) is -7.62. The van der Waals surface area contributed by atoms with E-state index in [1.807, 2.05) is 0 Å². The minimum Gasteiger partial charge on any atom is -0.456 e. The number of ether oxygens (including phenoxy) is 2. The monoisotopic (exact) mass is 491 g/mol. The highest BCUT2D eigenvalue weighted by atomic mass is 28.3. The fraction of sp³-hybridized carbons (Fsp3) is 0.381. The third-order valence-electron chi connectivity index (χ3n) is 4.78. The van der Waals surface area contributed by atoms with Gasteiger partial charge in [0.2, 0.25) is 0 Å². The number of hydrogen-bond donors (Lipinski definition) is 1. The first-order valence-electron chi connectivity index (χ1n) is 9.94. The van der Waals surface area contributed by atoms with Crippen molar-refractivity contribution in [1.82, 2.24) is 9.55 Å². The molecule has 2 aromatic heterocycles. The lowest BCUT2D eigenvalue weighted by Gasteiger charge is -2.16. The van der Waals surface area contributed by atoms with Crippen LogP contribution in [-0.4, -0.2) is 24.2 Å². The summed E-state index contributed by atoms with van der Waals surface area (Å²) >= 11 is 0. The Labute approximate surface area is 187 Å². The van der Waals surface area contributed by atoms with Gasteiger partial charge in [-0.15, -0.1) is 0 Å². The van der Waals surface area contributed by atoms with Crippen LogP contribution in [0.25, 0.3) is 11.0 Å². The molecule has 1 aromatic carbocycles. The molecule has 0 atom stereocenters. The standard InChI is InChI=1S/C21H23F6N3O2Si/c1-33(2,3)9-8-31-12-30-11-15(21(25,26)27)18-17(6-7-29-19(18)30)32-16-5-4-13(28)10-14(16)20(22,23)24/h4-7,10-11H,8-9,12,28H2,1-3H3. The summed E-state index contributed by atoms with van der Waals surface area (Å²) < 4.78 is 93.7. The van der Waals surface area contributed by atoms with Crippen LogP contribution in [0, 0.1) is 0 Å². The van der Waals surface area contributed by atoms with E-state index in [2.05, 4.69) is 24.6 Å². The first kappa shape index (κ1) is 24.9. The van der Waals surface area contributed by atoms with Crippen LogP contribution in [0.4, 0.5) is 32.0 Å². The molecule has 180 valence electrons. The Morgan fingerprint density at radius 2 is 1.64 bits per heavy atom. The maximum atomic E-state index is 13.8. The molecule has 3 aromatic rings. The minimum absolute atomic E-state index is 0.114. The predicted octanol–water partition coefficient (Wildman–Crippen LogP) is 6.76. The highest BCUT2D eigenvalue weighted by Gasteiger charge is 2.38. The molecule has 5 nitrogen and oxygen atoms in total. The van der Waals surface area contributed by atoms with Crippen LogP contribution in [0.15, 0.2) is 36.7 Å². The topological polar surface area (TPSA) is 62.3 Å². The number of anilines is 1. The minimum atomic E-state index is -4.82. The molecular weight excluding hydrogens is 468 g/mol. The van der Waals surface area contributed by atoms with Gasteiger partial charge in [-0.25, -0.2) is 4.98 Å². The van der Waals surface area contributed by atoms with Crippen molar-refractivity contribution < 1.29 is 35.8 Å². The zero-order valence-corrected chi connectivity index (χ0v) is 19.1. The summed E-state index contributed by atoms with van der Waals surface area (Å²) in [5.41, 5.74) is 2.89. The summed E-state index contributed by atoms with van der Waals surface area (Å²) in [4.78, 5) is 4.00. The number of benzene rings is 1. The van der Waals surface area contributed by atoms with Gasteiger partial charge in [0, 0.05) is 32.8 Å². The van der Waals surface area contributed by atoms with E-state index in [4.69, 9.17) is 15.2 Å². The molecular formula is C21H23F6N3O2Si. The van der Waals surface area contributed by atoms with Crippen LogP contribution in [0.1, 0.15) is 11.1 Å². The molecule has 0 saturated heterocycles. The summed E-state index contributed by atoms with van der Waals surface area (Å²) in [7, 11) is -1.40. The molecule has 2 N–H and O–H groups in total. The van der Waals surface area contributed by atoms with Gasteiger partial charge in [-0.2, -0.15) is 26.3 Å². The van der Waals surface area contributed by atoms with Gasteiger partial charge in [-0.3, -0.25) is 0 Å². The Morgan fingerprint density at radius 3 is 2.24 bits per heavy atom. The second-order valence-corrected chi connectivity index (χ2v) is 14.3. The first-order valence-corrected chi connectivity index (χ1v) is 13.6.